The number of carbonyl (C=O) groups is 1. The number of carbonyl (C=O) groups excluding carboxylic acids is 1. The van der Waals surface area contributed by atoms with Crippen LogP contribution in [0.25, 0.3) is 0 Å². The number of amides is 1. The first-order valence-corrected chi connectivity index (χ1v) is 7.38. The molecule has 1 aliphatic heterocycles. The van der Waals surface area contributed by atoms with Crippen molar-refractivity contribution in [2.45, 2.75) is 38.9 Å². The van der Waals surface area contributed by atoms with Crippen LogP contribution in [0.1, 0.15) is 27.2 Å². The van der Waals surface area contributed by atoms with Gasteiger partial charge in [0.2, 0.25) is 0 Å². The lowest BCUT2D eigenvalue weighted by Crippen LogP contribution is -2.27. The highest BCUT2D eigenvalue weighted by atomic mass is 35.5. The molecule has 0 aliphatic carbocycles. The second-order valence-electron chi connectivity index (χ2n) is 6.00. The lowest BCUT2D eigenvalue weighted by atomic mass is 10.2. The molecule has 0 spiro atoms. The summed E-state index contributed by atoms with van der Waals surface area (Å²) in [7, 11) is 0. The topological polar surface area (TPSA) is 59.6 Å². The number of hydrogen-bond donors (Lipinski definition) is 2. The van der Waals surface area contributed by atoms with E-state index in [-0.39, 0.29) is 6.10 Å². The SMILES string of the molecule is CC(C)(C)OC(=O)Nc1cc(Cl)ccc1OC1CCNC1. The summed E-state index contributed by atoms with van der Waals surface area (Å²) in [5, 5.41) is 6.45. The fourth-order valence-electron chi connectivity index (χ4n) is 2.02. The summed E-state index contributed by atoms with van der Waals surface area (Å²) in [6.07, 6.45) is 0.513. The third-order valence-corrected chi connectivity index (χ3v) is 3.12. The van der Waals surface area contributed by atoms with Crippen molar-refractivity contribution in [1.82, 2.24) is 5.32 Å². The van der Waals surface area contributed by atoms with Crippen molar-refractivity contribution >= 4 is 23.4 Å². The molecule has 1 aromatic carbocycles. The molecule has 1 heterocycles. The first-order valence-electron chi connectivity index (χ1n) is 7.00. The normalized spacial score (nSPS) is 18.4. The summed E-state index contributed by atoms with van der Waals surface area (Å²) in [5.41, 5.74) is -0.0392. The Kier molecular flexibility index (Phi) is 4.96. The standard InChI is InChI=1S/C15H21ClN2O3/c1-15(2,3)21-14(19)18-12-8-10(16)4-5-13(12)20-11-6-7-17-9-11/h4-5,8,11,17H,6-7,9H2,1-3H3,(H,18,19). The molecule has 1 aliphatic rings. The molecule has 1 saturated heterocycles. The number of nitrogens with one attached hydrogen (secondary N) is 2. The molecule has 1 amide bonds. The van der Waals surface area contributed by atoms with Gasteiger partial charge in [0.15, 0.2) is 0 Å². The summed E-state index contributed by atoms with van der Waals surface area (Å²) in [4.78, 5) is 11.9. The zero-order valence-corrected chi connectivity index (χ0v) is 13.3. The molecule has 0 aromatic heterocycles. The third-order valence-electron chi connectivity index (χ3n) is 2.89. The summed E-state index contributed by atoms with van der Waals surface area (Å²) in [6.45, 7) is 7.17. The lowest BCUT2D eigenvalue weighted by molar-refractivity contribution is 0.0635. The van der Waals surface area contributed by atoms with Gasteiger partial charge in [-0.25, -0.2) is 4.79 Å². The number of rotatable bonds is 3. The second kappa shape index (κ2) is 6.54. The maximum absolute atomic E-state index is 11.9. The van der Waals surface area contributed by atoms with E-state index in [4.69, 9.17) is 21.1 Å². The Balaban J connectivity index is 2.09. The molecule has 5 nitrogen and oxygen atoms in total. The van der Waals surface area contributed by atoms with E-state index in [1.54, 1.807) is 18.2 Å². The molecule has 0 radical (unpaired) electrons. The van der Waals surface area contributed by atoms with Crippen molar-refractivity contribution in [3.05, 3.63) is 23.2 Å². The fourth-order valence-corrected chi connectivity index (χ4v) is 2.20. The molecular formula is C15H21ClN2O3. The van der Waals surface area contributed by atoms with Gasteiger partial charge in [-0.05, 0) is 51.9 Å². The molecule has 1 atom stereocenters. The third kappa shape index (κ3) is 5.10. The van der Waals surface area contributed by atoms with Crippen molar-refractivity contribution in [2.75, 3.05) is 18.4 Å². The summed E-state index contributed by atoms with van der Waals surface area (Å²) in [6, 6.07) is 5.15. The predicted octanol–water partition coefficient (Wildman–Crippen LogP) is 3.43. The molecule has 0 bridgehead atoms. The van der Waals surface area contributed by atoms with Crippen LogP contribution in [0, 0.1) is 0 Å². The van der Waals surface area contributed by atoms with Crippen molar-refractivity contribution in [1.29, 1.82) is 0 Å². The van der Waals surface area contributed by atoms with Gasteiger partial charge in [0, 0.05) is 11.6 Å². The van der Waals surface area contributed by atoms with Crippen LogP contribution in [-0.2, 0) is 4.74 Å². The number of anilines is 1. The first kappa shape index (κ1) is 15.9. The maximum Gasteiger partial charge on any atom is 0.412 e. The average molecular weight is 313 g/mol. The summed E-state index contributed by atoms with van der Waals surface area (Å²) >= 11 is 5.99. The largest absolute Gasteiger partial charge is 0.487 e. The van der Waals surface area contributed by atoms with Gasteiger partial charge in [0.05, 0.1) is 5.69 Å². The van der Waals surface area contributed by atoms with E-state index in [9.17, 15) is 4.79 Å². The summed E-state index contributed by atoms with van der Waals surface area (Å²) in [5.74, 6) is 0.596. The van der Waals surface area contributed by atoms with Gasteiger partial charge in [0.1, 0.15) is 17.5 Å². The monoisotopic (exact) mass is 312 g/mol. The highest BCUT2D eigenvalue weighted by Crippen LogP contribution is 2.30. The average Bonchev–Trinajstić information content (AvgIpc) is 2.83. The molecule has 1 aromatic rings. The molecule has 116 valence electrons. The van der Waals surface area contributed by atoms with E-state index >= 15 is 0 Å². The summed E-state index contributed by atoms with van der Waals surface area (Å²) < 4.78 is 11.1. The van der Waals surface area contributed by atoms with Crippen LogP contribution in [0.15, 0.2) is 18.2 Å². The van der Waals surface area contributed by atoms with E-state index in [1.807, 2.05) is 20.8 Å². The van der Waals surface area contributed by atoms with Gasteiger partial charge in [-0.3, -0.25) is 5.32 Å². The van der Waals surface area contributed by atoms with Gasteiger partial charge >= 0.3 is 6.09 Å². The van der Waals surface area contributed by atoms with Gasteiger partial charge in [0.25, 0.3) is 0 Å². The number of hydrogen-bond acceptors (Lipinski definition) is 4. The van der Waals surface area contributed by atoms with E-state index in [1.165, 1.54) is 0 Å². The van der Waals surface area contributed by atoms with Crippen LogP contribution in [0.2, 0.25) is 5.02 Å². The van der Waals surface area contributed by atoms with E-state index in [0.717, 1.165) is 19.5 Å². The molecular weight excluding hydrogens is 292 g/mol. The highest BCUT2D eigenvalue weighted by molar-refractivity contribution is 6.31. The maximum atomic E-state index is 11.9. The van der Waals surface area contributed by atoms with E-state index in [2.05, 4.69) is 10.6 Å². The molecule has 21 heavy (non-hydrogen) atoms. The highest BCUT2D eigenvalue weighted by Gasteiger charge is 2.20. The Labute approximate surface area is 130 Å². The minimum atomic E-state index is -0.556. The second-order valence-corrected chi connectivity index (χ2v) is 6.44. The molecule has 2 N–H and O–H groups in total. The Hall–Kier alpha value is -1.46. The van der Waals surface area contributed by atoms with Crippen molar-refractivity contribution < 1.29 is 14.3 Å². The van der Waals surface area contributed by atoms with Crippen molar-refractivity contribution in [3.63, 3.8) is 0 Å². The van der Waals surface area contributed by atoms with Crippen molar-refractivity contribution in [2.24, 2.45) is 0 Å². The van der Waals surface area contributed by atoms with Crippen LogP contribution in [-0.4, -0.2) is 30.9 Å². The smallest absolute Gasteiger partial charge is 0.412 e. The molecule has 1 fully saturated rings. The van der Waals surface area contributed by atoms with Crippen LogP contribution in [0.4, 0.5) is 10.5 Å². The number of benzene rings is 1. The van der Waals surface area contributed by atoms with Crippen LogP contribution in [0.3, 0.4) is 0 Å². The predicted molar refractivity (Wildman–Crippen MR) is 83.2 cm³/mol. The minimum absolute atomic E-state index is 0.102. The zero-order chi connectivity index (χ0) is 15.5. The Morgan fingerprint density at radius 3 is 2.81 bits per heavy atom. The number of halogens is 1. The number of ether oxygens (including phenoxy) is 2. The van der Waals surface area contributed by atoms with Gasteiger partial charge in [-0.1, -0.05) is 11.6 Å². The van der Waals surface area contributed by atoms with Crippen LogP contribution >= 0.6 is 11.6 Å². The Bertz CT molecular complexity index is 508. The Morgan fingerprint density at radius 1 is 1.43 bits per heavy atom. The van der Waals surface area contributed by atoms with E-state index in [0.29, 0.717) is 16.5 Å². The first-order chi connectivity index (χ1) is 9.83. The van der Waals surface area contributed by atoms with Gasteiger partial charge in [-0.15, -0.1) is 0 Å². The minimum Gasteiger partial charge on any atom is -0.487 e. The quantitative estimate of drug-likeness (QED) is 0.897. The van der Waals surface area contributed by atoms with Crippen molar-refractivity contribution in [3.8, 4) is 5.75 Å². The van der Waals surface area contributed by atoms with E-state index < -0.39 is 11.7 Å². The van der Waals surface area contributed by atoms with Gasteiger partial charge < -0.3 is 14.8 Å². The zero-order valence-electron chi connectivity index (χ0n) is 12.5. The molecule has 6 heteroatoms. The molecule has 0 saturated carbocycles. The van der Waals surface area contributed by atoms with Crippen LogP contribution in [0.5, 0.6) is 5.75 Å². The molecule has 2 rings (SSSR count). The fraction of sp³-hybridized carbons (Fsp3) is 0.533. The lowest BCUT2D eigenvalue weighted by Gasteiger charge is -2.21. The van der Waals surface area contributed by atoms with Crippen LogP contribution < -0.4 is 15.4 Å². The van der Waals surface area contributed by atoms with Gasteiger partial charge in [-0.2, -0.15) is 0 Å². The molecule has 1 unspecified atom stereocenters. The Morgan fingerprint density at radius 2 is 2.19 bits per heavy atom.